The molecule has 3 amide bonds. The Morgan fingerprint density at radius 1 is 1.10 bits per heavy atom. The summed E-state index contributed by atoms with van der Waals surface area (Å²) in [5, 5.41) is 2.99. The molecule has 1 fully saturated rings. The number of urea groups is 1. The normalized spacial score (nSPS) is 15.5. The van der Waals surface area contributed by atoms with Gasteiger partial charge in [0, 0.05) is 37.0 Å². The van der Waals surface area contributed by atoms with Gasteiger partial charge in [0.2, 0.25) is 5.91 Å². The van der Waals surface area contributed by atoms with Gasteiger partial charge in [0.1, 0.15) is 5.75 Å². The number of rotatable bonds is 8. The van der Waals surface area contributed by atoms with E-state index in [0.29, 0.717) is 36.9 Å². The Bertz CT molecular complexity index is 916. The first-order valence-corrected chi connectivity index (χ1v) is 10.3. The molecule has 0 aliphatic carbocycles. The molecule has 31 heavy (non-hydrogen) atoms. The van der Waals surface area contributed by atoms with E-state index < -0.39 is 0 Å². The van der Waals surface area contributed by atoms with Crippen LogP contribution in [0.4, 0.5) is 16.2 Å². The first kappa shape index (κ1) is 22.3. The number of hydrogen-bond donors (Lipinski definition) is 1. The van der Waals surface area contributed by atoms with Crippen molar-refractivity contribution < 1.29 is 23.8 Å². The maximum Gasteiger partial charge on any atom is 0.322 e. The molecule has 0 spiro atoms. The van der Waals surface area contributed by atoms with Gasteiger partial charge in [0.25, 0.3) is 0 Å². The Labute approximate surface area is 182 Å². The van der Waals surface area contributed by atoms with Crippen LogP contribution in [0, 0.1) is 0 Å². The highest BCUT2D eigenvalue weighted by molar-refractivity contribution is 5.98. The van der Waals surface area contributed by atoms with Crippen molar-refractivity contribution in [2.45, 2.75) is 26.3 Å². The molecular formula is C23H29N3O5. The zero-order valence-corrected chi connectivity index (χ0v) is 18.4. The molecule has 0 saturated carbocycles. The largest absolute Gasteiger partial charge is 0.494 e. The number of hydrogen-bond acceptors (Lipinski definition) is 5. The molecule has 1 saturated heterocycles. The maximum absolute atomic E-state index is 12.9. The van der Waals surface area contributed by atoms with Crippen LogP contribution in [-0.4, -0.2) is 51.9 Å². The van der Waals surface area contributed by atoms with Crippen molar-refractivity contribution in [2.24, 2.45) is 0 Å². The van der Waals surface area contributed by atoms with Crippen molar-refractivity contribution in [1.82, 2.24) is 5.32 Å². The van der Waals surface area contributed by atoms with E-state index in [-0.39, 0.29) is 24.4 Å². The number of carbonyl (C=O) groups excluding carboxylic acids is 2. The molecule has 2 aromatic rings. The average Bonchev–Trinajstić information content (AvgIpc) is 3.14. The van der Waals surface area contributed by atoms with Crippen molar-refractivity contribution in [3.8, 4) is 17.2 Å². The molecule has 1 atom stereocenters. The van der Waals surface area contributed by atoms with Crippen LogP contribution >= 0.6 is 0 Å². The summed E-state index contributed by atoms with van der Waals surface area (Å²) in [5.41, 5.74) is 1.47. The summed E-state index contributed by atoms with van der Waals surface area (Å²) < 4.78 is 16.1. The molecule has 0 bridgehead atoms. The van der Waals surface area contributed by atoms with Crippen LogP contribution in [0.3, 0.4) is 0 Å². The highest BCUT2D eigenvalue weighted by Crippen LogP contribution is 2.33. The molecule has 1 aliphatic rings. The summed E-state index contributed by atoms with van der Waals surface area (Å²) >= 11 is 0. The van der Waals surface area contributed by atoms with Crippen molar-refractivity contribution in [1.29, 1.82) is 0 Å². The van der Waals surface area contributed by atoms with E-state index in [1.807, 2.05) is 44.2 Å². The van der Waals surface area contributed by atoms with Crippen LogP contribution in [-0.2, 0) is 4.79 Å². The van der Waals surface area contributed by atoms with Crippen molar-refractivity contribution >= 4 is 23.3 Å². The SMILES string of the molecule is CCOc1ccc(N(CC)C(=O)N[C@@H]2CC(=O)N(c3ccc(OC)c(OC)c3)C2)cc1. The summed E-state index contributed by atoms with van der Waals surface area (Å²) in [7, 11) is 3.12. The first-order valence-electron chi connectivity index (χ1n) is 10.3. The molecule has 166 valence electrons. The van der Waals surface area contributed by atoms with Gasteiger partial charge in [-0.3, -0.25) is 9.69 Å². The fourth-order valence-electron chi connectivity index (χ4n) is 3.63. The number of methoxy groups -OCH3 is 2. The molecular weight excluding hydrogens is 398 g/mol. The molecule has 2 aromatic carbocycles. The summed E-state index contributed by atoms with van der Waals surface area (Å²) in [5.74, 6) is 1.85. The van der Waals surface area contributed by atoms with Gasteiger partial charge in [-0.05, 0) is 50.2 Å². The Balaban J connectivity index is 1.67. The minimum Gasteiger partial charge on any atom is -0.494 e. The van der Waals surface area contributed by atoms with E-state index in [4.69, 9.17) is 14.2 Å². The van der Waals surface area contributed by atoms with E-state index in [2.05, 4.69) is 5.32 Å². The third-order valence-corrected chi connectivity index (χ3v) is 5.15. The van der Waals surface area contributed by atoms with Gasteiger partial charge in [0.05, 0.1) is 26.9 Å². The van der Waals surface area contributed by atoms with Crippen LogP contribution in [0.25, 0.3) is 0 Å². The molecule has 1 aliphatic heterocycles. The van der Waals surface area contributed by atoms with Crippen LogP contribution < -0.4 is 29.3 Å². The molecule has 1 N–H and O–H groups in total. The van der Waals surface area contributed by atoms with Crippen molar-refractivity contribution in [3.63, 3.8) is 0 Å². The van der Waals surface area contributed by atoms with E-state index in [9.17, 15) is 9.59 Å². The average molecular weight is 428 g/mol. The third-order valence-electron chi connectivity index (χ3n) is 5.15. The number of ether oxygens (including phenoxy) is 3. The predicted molar refractivity (Wildman–Crippen MR) is 119 cm³/mol. The number of benzene rings is 2. The van der Waals surface area contributed by atoms with Crippen LogP contribution in [0.1, 0.15) is 20.3 Å². The molecule has 0 aromatic heterocycles. The summed E-state index contributed by atoms with van der Waals surface area (Å²) in [4.78, 5) is 28.8. The van der Waals surface area contributed by atoms with Gasteiger partial charge >= 0.3 is 6.03 Å². The molecule has 8 nitrogen and oxygen atoms in total. The smallest absolute Gasteiger partial charge is 0.322 e. The number of anilines is 2. The van der Waals surface area contributed by atoms with E-state index in [1.54, 1.807) is 36.2 Å². The summed E-state index contributed by atoms with van der Waals surface area (Å²) in [6.45, 7) is 5.31. The van der Waals surface area contributed by atoms with Gasteiger partial charge in [-0.2, -0.15) is 0 Å². The van der Waals surface area contributed by atoms with Crippen LogP contribution in [0.15, 0.2) is 42.5 Å². The van der Waals surface area contributed by atoms with Gasteiger partial charge in [0.15, 0.2) is 11.5 Å². The zero-order valence-electron chi connectivity index (χ0n) is 18.4. The lowest BCUT2D eigenvalue weighted by Crippen LogP contribution is -2.46. The standard InChI is InChI=1S/C23H29N3O5/c1-5-25(17-7-10-19(11-8-17)31-6-2)23(28)24-16-13-22(27)26(15-16)18-9-12-20(29-3)21(14-18)30-4/h7-12,14,16H,5-6,13,15H2,1-4H3,(H,24,28)/t16-/m1/s1. The van der Waals surface area contributed by atoms with Gasteiger partial charge < -0.3 is 24.4 Å². The molecule has 8 heteroatoms. The lowest BCUT2D eigenvalue weighted by Gasteiger charge is -2.24. The second-order valence-electron chi connectivity index (χ2n) is 7.07. The minimum atomic E-state index is -0.287. The monoisotopic (exact) mass is 427 g/mol. The number of amides is 3. The maximum atomic E-state index is 12.9. The topological polar surface area (TPSA) is 80.3 Å². The van der Waals surface area contributed by atoms with Gasteiger partial charge in [-0.25, -0.2) is 4.79 Å². The highest BCUT2D eigenvalue weighted by atomic mass is 16.5. The van der Waals surface area contributed by atoms with Crippen molar-refractivity contribution in [3.05, 3.63) is 42.5 Å². The molecule has 0 radical (unpaired) electrons. The predicted octanol–water partition coefficient (Wildman–Crippen LogP) is 3.44. The Hall–Kier alpha value is -3.42. The quantitative estimate of drug-likeness (QED) is 0.698. The summed E-state index contributed by atoms with van der Waals surface area (Å²) in [6.07, 6.45) is 0.237. The number of carbonyl (C=O) groups is 2. The highest BCUT2D eigenvalue weighted by Gasteiger charge is 2.33. The second-order valence-corrected chi connectivity index (χ2v) is 7.07. The zero-order chi connectivity index (χ0) is 22.4. The second kappa shape index (κ2) is 10.1. The van der Waals surface area contributed by atoms with E-state index in [0.717, 1.165) is 11.4 Å². The Kier molecular flexibility index (Phi) is 7.23. The number of nitrogens with one attached hydrogen (secondary N) is 1. The van der Waals surface area contributed by atoms with Crippen LogP contribution in [0.5, 0.6) is 17.2 Å². The Morgan fingerprint density at radius 3 is 2.42 bits per heavy atom. The molecule has 1 heterocycles. The minimum absolute atomic E-state index is 0.0540. The van der Waals surface area contributed by atoms with Gasteiger partial charge in [-0.15, -0.1) is 0 Å². The van der Waals surface area contributed by atoms with E-state index in [1.165, 1.54) is 0 Å². The number of nitrogens with zero attached hydrogens (tertiary/aromatic N) is 2. The van der Waals surface area contributed by atoms with Crippen molar-refractivity contribution in [2.75, 3.05) is 43.7 Å². The van der Waals surface area contributed by atoms with Gasteiger partial charge in [-0.1, -0.05) is 0 Å². The van der Waals surface area contributed by atoms with Crippen LogP contribution in [0.2, 0.25) is 0 Å². The molecule has 3 rings (SSSR count). The lowest BCUT2D eigenvalue weighted by atomic mass is 10.2. The third kappa shape index (κ3) is 5.02. The summed E-state index contributed by atoms with van der Waals surface area (Å²) in [6, 6.07) is 12.2. The van der Waals surface area contributed by atoms with E-state index >= 15 is 0 Å². The lowest BCUT2D eigenvalue weighted by molar-refractivity contribution is -0.117. The Morgan fingerprint density at radius 2 is 1.81 bits per heavy atom. The first-order chi connectivity index (χ1) is 15.0. The fraction of sp³-hybridized carbons (Fsp3) is 0.391. The fourth-order valence-corrected chi connectivity index (χ4v) is 3.63. The molecule has 0 unspecified atom stereocenters.